The highest BCUT2D eigenvalue weighted by atomic mass is 35.5. The molecule has 2 aromatic heterocycles. The summed E-state index contributed by atoms with van der Waals surface area (Å²) in [5.74, 6) is 1.01. The van der Waals surface area contributed by atoms with Crippen LogP contribution in [0.4, 0.5) is 11.4 Å². The van der Waals surface area contributed by atoms with E-state index in [9.17, 15) is 4.79 Å². The number of carbonyl (C=O) groups is 1. The number of nitrogens with one attached hydrogen (secondary N) is 1. The van der Waals surface area contributed by atoms with Gasteiger partial charge in [-0.25, -0.2) is 9.97 Å². The third-order valence-electron chi connectivity index (χ3n) is 6.19. The second-order valence-corrected chi connectivity index (χ2v) is 8.65. The van der Waals surface area contributed by atoms with Crippen molar-refractivity contribution in [3.05, 3.63) is 46.7 Å². The van der Waals surface area contributed by atoms with Crippen molar-refractivity contribution in [3.8, 4) is 11.5 Å². The van der Waals surface area contributed by atoms with Gasteiger partial charge in [0.2, 0.25) is 0 Å². The Bertz CT molecular complexity index is 1190. The number of aromatic nitrogens is 2. The van der Waals surface area contributed by atoms with Crippen molar-refractivity contribution in [2.24, 2.45) is 0 Å². The van der Waals surface area contributed by atoms with E-state index in [1.54, 1.807) is 32.5 Å². The highest BCUT2D eigenvalue weighted by Gasteiger charge is 2.29. The van der Waals surface area contributed by atoms with Gasteiger partial charge in [-0.2, -0.15) is 0 Å². The molecule has 0 radical (unpaired) electrons. The summed E-state index contributed by atoms with van der Waals surface area (Å²) in [6.45, 7) is 4.80. The van der Waals surface area contributed by atoms with Crippen molar-refractivity contribution in [3.63, 3.8) is 0 Å². The second-order valence-electron chi connectivity index (χ2n) is 8.24. The first-order chi connectivity index (χ1) is 16.0. The molecule has 1 saturated heterocycles. The zero-order valence-corrected chi connectivity index (χ0v) is 21.4. The Morgan fingerprint density at radius 1 is 1.21 bits per heavy atom. The molecule has 1 aliphatic rings. The van der Waals surface area contributed by atoms with Crippen LogP contribution in [-0.4, -0.2) is 47.6 Å². The fraction of sp³-hybridized carbons (Fsp3) is 0.400. The minimum absolute atomic E-state index is 0. The number of anilines is 2. The van der Waals surface area contributed by atoms with Crippen molar-refractivity contribution in [1.82, 2.24) is 14.9 Å². The number of pyridine rings is 2. The lowest BCUT2D eigenvalue weighted by molar-refractivity contribution is 0.0609. The first-order valence-corrected chi connectivity index (χ1v) is 11.6. The van der Waals surface area contributed by atoms with Crippen LogP contribution >= 0.6 is 24.0 Å². The first-order valence-electron chi connectivity index (χ1n) is 11.2. The largest absolute Gasteiger partial charge is 0.495 e. The number of ether oxygens (including phenoxy) is 2. The van der Waals surface area contributed by atoms with Crippen LogP contribution < -0.4 is 14.8 Å². The molecule has 0 saturated carbocycles. The summed E-state index contributed by atoms with van der Waals surface area (Å²) < 4.78 is 11.0. The van der Waals surface area contributed by atoms with Crippen LogP contribution in [0, 0.1) is 6.92 Å². The highest BCUT2D eigenvalue weighted by Crippen LogP contribution is 2.39. The number of likely N-dealkylation sites (tertiary alicyclic amines) is 1. The Balaban J connectivity index is 0.00000324. The van der Waals surface area contributed by atoms with Gasteiger partial charge in [-0.05, 0) is 44.7 Å². The van der Waals surface area contributed by atoms with Gasteiger partial charge in [0.25, 0.3) is 5.91 Å². The van der Waals surface area contributed by atoms with Crippen molar-refractivity contribution in [2.45, 2.75) is 45.6 Å². The summed E-state index contributed by atoms with van der Waals surface area (Å²) in [6.07, 6.45) is 5.73. The van der Waals surface area contributed by atoms with Crippen molar-refractivity contribution < 1.29 is 14.3 Å². The molecule has 1 aliphatic heterocycles. The van der Waals surface area contributed by atoms with E-state index >= 15 is 0 Å². The number of hydrogen-bond acceptors (Lipinski definition) is 6. The van der Waals surface area contributed by atoms with Crippen molar-refractivity contribution in [2.75, 3.05) is 26.1 Å². The van der Waals surface area contributed by atoms with E-state index in [-0.39, 0.29) is 24.4 Å². The fourth-order valence-electron chi connectivity index (χ4n) is 4.41. The van der Waals surface area contributed by atoms with Crippen LogP contribution in [0.15, 0.2) is 30.5 Å². The van der Waals surface area contributed by atoms with Crippen LogP contribution in [0.25, 0.3) is 11.0 Å². The molecule has 9 heteroatoms. The lowest BCUT2D eigenvalue weighted by Crippen LogP contribution is -2.43. The smallest absolute Gasteiger partial charge is 0.257 e. The minimum atomic E-state index is -0.0288. The summed E-state index contributed by atoms with van der Waals surface area (Å²) in [4.78, 5) is 24.8. The summed E-state index contributed by atoms with van der Waals surface area (Å²) in [5.41, 5.74) is 3.20. The number of nitrogens with zero attached hydrogens (tertiary/aromatic N) is 3. The molecule has 1 amide bonds. The number of rotatable bonds is 6. The number of fused-ring (bicyclic) bond motifs is 1. The maximum atomic E-state index is 13.8. The van der Waals surface area contributed by atoms with E-state index in [1.165, 1.54) is 0 Å². The Labute approximate surface area is 211 Å². The number of piperidine rings is 1. The summed E-state index contributed by atoms with van der Waals surface area (Å²) in [6, 6.07) is 7.54. The zero-order valence-electron chi connectivity index (χ0n) is 19.9. The highest BCUT2D eigenvalue weighted by molar-refractivity contribution is 6.32. The van der Waals surface area contributed by atoms with Crippen LogP contribution in [0.3, 0.4) is 0 Å². The average molecular weight is 505 g/mol. The predicted molar refractivity (Wildman–Crippen MR) is 138 cm³/mol. The molecule has 3 aromatic rings. The molecule has 1 atom stereocenters. The van der Waals surface area contributed by atoms with Crippen LogP contribution in [-0.2, 0) is 0 Å². The third-order valence-corrected chi connectivity index (χ3v) is 6.49. The molecule has 0 bridgehead atoms. The van der Waals surface area contributed by atoms with Crippen LogP contribution in [0.1, 0.15) is 48.7 Å². The second kappa shape index (κ2) is 11.1. The third kappa shape index (κ3) is 5.00. The minimum Gasteiger partial charge on any atom is -0.495 e. The SMILES string of the molecule is CCC1CCCCN1C(=O)c1cnc2nc(C)ccc2c1Nc1cc(OC)c(Cl)cc1OC.Cl. The van der Waals surface area contributed by atoms with E-state index in [2.05, 4.69) is 22.2 Å². The van der Waals surface area contributed by atoms with Gasteiger partial charge in [0.15, 0.2) is 5.65 Å². The molecule has 34 heavy (non-hydrogen) atoms. The monoisotopic (exact) mass is 504 g/mol. The number of aryl methyl sites for hydroxylation is 1. The molecule has 0 aliphatic carbocycles. The van der Waals surface area contributed by atoms with Gasteiger partial charge in [-0.3, -0.25) is 4.79 Å². The Morgan fingerprint density at radius 2 is 1.97 bits per heavy atom. The van der Waals surface area contributed by atoms with E-state index < -0.39 is 0 Å². The predicted octanol–water partition coefficient (Wildman–Crippen LogP) is 6.18. The lowest BCUT2D eigenvalue weighted by Gasteiger charge is -2.35. The maximum Gasteiger partial charge on any atom is 0.257 e. The molecule has 182 valence electrons. The van der Waals surface area contributed by atoms with Crippen molar-refractivity contribution >= 4 is 52.3 Å². The van der Waals surface area contributed by atoms with Crippen molar-refractivity contribution in [1.29, 1.82) is 0 Å². The van der Waals surface area contributed by atoms with Gasteiger partial charge in [-0.15, -0.1) is 12.4 Å². The van der Waals surface area contributed by atoms with Gasteiger partial charge in [0, 0.05) is 42.0 Å². The van der Waals surface area contributed by atoms with Gasteiger partial charge < -0.3 is 19.7 Å². The Hall–Kier alpha value is -2.77. The lowest BCUT2D eigenvalue weighted by atomic mass is 9.98. The fourth-order valence-corrected chi connectivity index (χ4v) is 4.64. The van der Waals surface area contributed by atoms with Crippen LogP contribution in [0.2, 0.25) is 5.02 Å². The number of methoxy groups -OCH3 is 2. The Kier molecular flexibility index (Phi) is 8.44. The standard InChI is InChI=1S/C25H29ClN4O3.ClH/c1-5-16-8-6-7-11-30(16)25(31)18-14-27-24-17(10-9-15(2)28-24)23(18)29-20-13-21(32-3)19(26)12-22(20)33-4;/h9-10,12-14,16H,5-8,11H2,1-4H3,(H,27,28,29);1H. The Morgan fingerprint density at radius 3 is 2.68 bits per heavy atom. The molecule has 1 N–H and O–H groups in total. The molecule has 4 rings (SSSR count). The van der Waals surface area contributed by atoms with Gasteiger partial charge >= 0.3 is 0 Å². The quantitative estimate of drug-likeness (QED) is 0.431. The molecule has 1 unspecified atom stereocenters. The molecular formula is C25H30Cl2N4O3. The van der Waals surface area contributed by atoms with E-state index in [1.807, 2.05) is 24.0 Å². The number of carbonyl (C=O) groups excluding carboxylic acids is 1. The molecular weight excluding hydrogens is 475 g/mol. The van der Waals surface area contributed by atoms with E-state index in [0.717, 1.165) is 43.3 Å². The van der Waals surface area contributed by atoms with Gasteiger partial charge in [-0.1, -0.05) is 18.5 Å². The summed E-state index contributed by atoms with van der Waals surface area (Å²) in [7, 11) is 3.13. The summed E-state index contributed by atoms with van der Waals surface area (Å²) in [5, 5.41) is 4.61. The number of amides is 1. The number of benzene rings is 1. The van der Waals surface area contributed by atoms with E-state index in [4.69, 9.17) is 21.1 Å². The average Bonchev–Trinajstić information content (AvgIpc) is 2.84. The first kappa shape index (κ1) is 25.8. The zero-order chi connectivity index (χ0) is 23.5. The summed E-state index contributed by atoms with van der Waals surface area (Å²) >= 11 is 6.30. The molecule has 1 aromatic carbocycles. The molecule has 7 nitrogen and oxygen atoms in total. The molecule has 0 spiro atoms. The van der Waals surface area contributed by atoms with Gasteiger partial charge in [0.1, 0.15) is 11.5 Å². The molecule has 3 heterocycles. The van der Waals surface area contributed by atoms with Crippen LogP contribution in [0.5, 0.6) is 11.5 Å². The maximum absolute atomic E-state index is 13.8. The van der Waals surface area contributed by atoms with E-state index in [0.29, 0.717) is 39.1 Å². The number of hydrogen-bond donors (Lipinski definition) is 1. The normalized spacial score (nSPS) is 15.6. The van der Waals surface area contributed by atoms with Gasteiger partial charge in [0.05, 0.1) is 36.2 Å². The number of halogens is 2. The molecule has 1 fully saturated rings. The topological polar surface area (TPSA) is 76.6 Å².